The maximum Gasteiger partial charge on any atom is 0.253 e. The minimum Gasteiger partial charge on any atom is -0.494 e. The fraction of sp³-hybridized carbons (Fsp3) is 0.588. The Morgan fingerprint density at radius 1 is 1.14 bits per heavy atom. The second-order valence-corrected chi connectivity index (χ2v) is 5.24. The van der Waals surface area contributed by atoms with Crippen LogP contribution in [0.15, 0.2) is 24.3 Å². The van der Waals surface area contributed by atoms with Gasteiger partial charge >= 0.3 is 0 Å². The van der Waals surface area contributed by atoms with E-state index in [2.05, 4.69) is 6.92 Å². The summed E-state index contributed by atoms with van der Waals surface area (Å²) < 4.78 is 5.58. The Bertz CT molecular complexity index is 403. The third kappa shape index (κ3) is 6.63. The summed E-state index contributed by atoms with van der Waals surface area (Å²) in [5.74, 6) is 0.838. The molecule has 0 aromatic heterocycles. The van der Waals surface area contributed by atoms with Crippen LogP contribution in [0.4, 0.5) is 0 Å². The highest BCUT2D eigenvalue weighted by molar-refractivity contribution is 5.94. The molecular weight excluding hydrogens is 266 g/mol. The summed E-state index contributed by atoms with van der Waals surface area (Å²) in [6, 6.07) is 7.33. The van der Waals surface area contributed by atoms with Gasteiger partial charge in [0.1, 0.15) is 5.75 Å². The molecule has 0 aliphatic heterocycles. The molecule has 4 heteroatoms. The van der Waals surface area contributed by atoms with E-state index in [0.717, 1.165) is 37.9 Å². The lowest BCUT2D eigenvalue weighted by Gasteiger charge is -2.17. The first kappa shape index (κ1) is 17.5. The van der Waals surface area contributed by atoms with Crippen molar-refractivity contribution in [3.63, 3.8) is 0 Å². The number of rotatable bonds is 10. The van der Waals surface area contributed by atoms with E-state index in [9.17, 15) is 4.79 Å². The first-order chi connectivity index (χ1) is 10.2. The summed E-state index contributed by atoms with van der Waals surface area (Å²) in [6.07, 6.45) is 4.81. The molecule has 0 aliphatic rings. The van der Waals surface area contributed by atoms with Crippen LogP contribution in [0.25, 0.3) is 0 Å². The number of amides is 1. The number of hydrogen-bond donors (Lipinski definition) is 1. The lowest BCUT2D eigenvalue weighted by Crippen LogP contribution is -2.27. The maximum atomic E-state index is 12.2. The third-order valence-corrected chi connectivity index (χ3v) is 3.37. The van der Waals surface area contributed by atoms with Gasteiger partial charge in [-0.05, 0) is 49.9 Å². The van der Waals surface area contributed by atoms with Gasteiger partial charge in [-0.15, -0.1) is 0 Å². The number of carbonyl (C=O) groups excluding carboxylic acids is 1. The lowest BCUT2D eigenvalue weighted by atomic mass is 10.2. The van der Waals surface area contributed by atoms with Crippen LogP contribution >= 0.6 is 0 Å². The molecule has 0 spiro atoms. The molecule has 0 saturated carbocycles. The Morgan fingerprint density at radius 2 is 1.86 bits per heavy atom. The van der Waals surface area contributed by atoms with Crippen molar-refractivity contribution in [1.82, 2.24) is 4.90 Å². The molecular formula is C17H27NO3. The van der Waals surface area contributed by atoms with Crippen LogP contribution in [0.3, 0.4) is 0 Å². The largest absolute Gasteiger partial charge is 0.494 e. The second-order valence-electron chi connectivity index (χ2n) is 5.24. The van der Waals surface area contributed by atoms with Crippen molar-refractivity contribution in [1.29, 1.82) is 0 Å². The van der Waals surface area contributed by atoms with E-state index in [1.165, 1.54) is 0 Å². The number of ether oxygens (including phenoxy) is 1. The maximum absolute atomic E-state index is 12.2. The Kier molecular flexibility index (Phi) is 8.51. The number of carbonyl (C=O) groups is 1. The van der Waals surface area contributed by atoms with Crippen LogP contribution in [0, 0.1) is 0 Å². The Morgan fingerprint density at radius 3 is 2.48 bits per heavy atom. The van der Waals surface area contributed by atoms with Crippen LogP contribution < -0.4 is 4.74 Å². The lowest BCUT2D eigenvalue weighted by molar-refractivity contribution is 0.0792. The fourth-order valence-corrected chi connectivity index (χ4v) is 1.99. The van der Waals surface area contributed by atoms with Gasteiger partial charge in [0, 0.05) is 25.8 Å². The topological polar surface area (TPSA) is 49.8 Å². The number of hydrogen-bond acceptors (Lipinski definition) is 3. The van der Waals surface area contributed by atoms with Gasteiger partial charge in [-0.25, -0.2) is 0 Å². The van der Waals surface area contributed by atoms with Gasteiger partial charge < -0.3 is 14.7 Å². The number of nitrogens with zero attached hydrogens (tertiary/aromatic N) is 1. The van der Waals surface area contributed by atoms with Gasteiger partial charge in [-0.2, -0.15) is 0 Å². The van der Waals surface area contributed by atoms with Crippen LogP contribution in [-0.4, -0.2) is 42.7 Å². The van der Waals surface area contributed by atoms with Gasteiger partial charge in [0.15, 0.2) is 0 Å². The number of aliphatic hydroxyl groups excluding tert-OH is 1. The Balaban J connectivity index is 2.42. The molecule has 0 bridgehead atoms. The highest BCUT2D eigenvalue weighted by atomic mass is 16.5. The molecule has 0 heterocycles. The van der Waals surface area contributed by atoms with E-state index in [0.29, 0.717) is 18.7 Å². The van der Waals surface area contributed by atoms with Crippen molar-refractivity contribution in [3.8, 4) is 5.75 Å². The summed E-state index contributed by atoms with van der Waals surface area (Å²) in [7, 11) is 1.81. The monoisotopic (exact) mass is 293 g/mol. The summed E-state index contributed by atoms with van der Waals surface area (Å²) in [5.41, 5.74) is 0.683. The zero-order valence-electron chi connectivity index (χ0n) is 13.2. The molecule has 21 heavy (non-hydrogen) atoms. The minimum atomic E-state index is 0.0270. The van der Waals surface area contributed by atoms with Gasteiger partial charge in [0.2, 0.25) is 0 Å². The van der Waals surface area contributed by atoms with Gasteiger partial charge in [-0.3, -0.25) is 4.79 Å². The molecule has 1 aromatic rings. The first-order valence-electron chi connectivity index (χ1n) is 7.78. The molecule has 1 N–H and O–H groups in total. The smallest absolute Gasteiger partial charge is 0.253 e. The van der Waals surface area contributed by atoms with E-state index in [1.807, 2.05) is 31.3 Å². The average Bonchev–Trinajstić information content (AvgIpc) is 2.51. The molecule has 1 rings (SSSR count). The quantitative estimate of drug-likeness (QED) is 0.674. The summed E-state index contributed by atoms with van der Waals surface area (Å²) in [4.78, 5) is 13.9. The van der Waals surface area contributed by atoms with Gasteiger partial charge in [-0.1, -0.05) is 13.3 Å². The normalized spacial score (nSPS) is 10.4. The van der Waals surface area contributed by atoms with E-state index in [1.54, 1.807) is 4.90 Å². The SMILES string of the molecule is CCCCOc1ccc(C(=O)N(C)CCCCCO)cc1. The summed E-state index contributed by atoms with van der Waals surface area (Å²) in [6.45, 7) is 3.78. The summed E-state index contributed by atoms with van der Waals surface area (Å²) >= 11 is 0. The third-order valence-electron chi connectivity index (χ3n) is 3.37. The predicted molar refractivity (Wildman–Crippen MR) is 84.7 cm³/mol. The number of unbranched alkanes of at least 4 members (excludes halogenated alkanes) is 3. The molecule has 4 nitrogen and oxygen atoms in total. The predicted octanol–water partition coefficient (Wildman–Crippen LogP) is 3.10. The zero-order chi connectivity index (χ0) is 15.5. The molecule has 1 amide bonds. The van der Waals surface area contributed by atoms with Crippen LogP contribution in [0.1, 0.15) is 49.4 Å². The Labute approximate surface area is 127 Å². The zero-order valence-corrected chi connectivity index (χ0v) is 13.2. The van der Waals surface area contributed by atoms with Crippen LogP contribution in [0.2, 0.25) is 0 Å². The second kappa shape index (κ2) is 10.2. The van der Waals surface area contributed by atoms with E-state index in [4.69, 9.17) is 9.84 Å². The molecule has 118 valence electrons. The van der Waals surface area contributed by atoms with Crippen molar-refractivity contribution >= 4 is 5.91 Å². The molecule has 0 radical (unpaired) electrons. The minimum absolute atomic E-state index is 0.0270. The average molecular weight is 293 g/mol. The first-order valence-corrected chi connectivity index (χ1v) is 7.78. The Hall–Kier alpha value is -1.55. The standard InChI is InChI=1S/C17H27NO3/c1-3-4-14-21-16-10-8-15(9-11-16)17(20)18(2)12-6-5-7-13-19/h8-11,19H,3-7,12-14H2,1-2H3. The highest BCUT2D eigenvalue weighted by Crippen LogP contribution is 2.14. The van der Waals surface area contributed by atoms with E-state index >= 15 is 0 Å². The van der Waals surface area contributed by atoms with E-state index in [-0.39, 0.29) is 12.5 Å². The summed E-state index contributed by atoms with van der Waals surface area (Å²) in [5, 5.41) is 8.73. The van der Waals surface area contributed by atoms with Crippen molar-refractivity contribution in [2.45, 2.75) is 39.0 Å². The fourth-order valence-electron chi connectivity index (χ4n) is 1.99. The molecule has 0 fully saturated rings. The molecule has 0 unspecified atom stereocenters. The van der Waals surface area contributed by atoms with E-state index < -0.39 is 0 Å². The van der Waals surface area contributed by atoms with Crippen molar-refractivity contribution < 1.29 is 14.6 Å². The highest BCUT2D eigenvalue weighted by Gasteiger charge is 2.11. The van der Waals surface area contributed by atoms with Crippen molar-refractivity contribution in [2.75, 3.05) is 26.8 Å². The van der Waals surface area contributed by atoms with Gasteiger partial charge in [0.05, 0.1) is 6.61 Å². The van der Waals surface area contributed by atoms with Gasteiger partial charge in [0.25, 0.3) is 5.91 Å². The van der Waals surface area contributed by atoms with Crippen molar-refractivity contribution in [2.24, 2.45) is 0 Å². The number of benzene rings is 1. The molecule has 0 atom stereocenters. The van der Waals surface area contributed by atoms with Crippen molar-refractivity contribution in [3.05, 3.63) is 29.8 Å². The van der Waals surface area contributed by atoms with Crippen LogP contribution in [-0.2, 0) is 0 Å². The molecule has 0 saturated heterocycles. The number of aliphatic hydroxyl groups is 1. The van der Waals surface area contributed by atoms with Crippen LogP contribution in [0.5, 0.6) is 5.75 Å². The molecule has 1 aromatic carbocycles. The molecule has 0 aliphatic carbocycles.